The molecule has 1 fully saturated rings. The van der Waals surface area contributed by atoms with E-state index in [0.717, 1.165) is 54.4 Å². The van der Waals surface area contributed by atoms with Gasteiger partial charge in [0, 0.05) is 36.5 Å². The van der Waals surface area contributed by atoms with Gasteiger partial charge < -0.3 is 15.0 Å². The fraction of sp³-hybridized carbons (Fsp3) is 0.385. The number of nitrogens with one attached hydrogen (secondary N) is 1. The summed E-state index contributed by atoms with van der Waals surface area (Å²) in [6, 6.07) is 9.49. The molecule has 12 heteroatoms. The Morgan fingerprint density at radius 1 is 1.24 bits per heavy atom. The fourth-order valence-electron chi connectivity index (χ4n) is 4.47. The normalized spacial score (nSPS) is 15.9. The van der Waals surface area contributed by atoms with Gasteiger partial charge >= 0.3 is 0 Å². The number of carbonyl (C=O) groups is 1. The molecule has 0 saturated carbocycles. The Bertz CT molecular complexity index is 1390. The number of nitrogens with zero attached hydrogens (tertiary/aromatic N) is 8. The zero-order valence-corrected chi connectivity index (χ0v) is 22.2. The first kappa shape index (κ1) is 25.8. The van der Waals surface area contributed by atoms with E-state index in [1.807, 2.05) is 13.0 Å². The maximum Gasteiger partial charge on any atom is 0.254 e. The highest BCUT2D eigenvalue weighted by atomic mass is 35.5. The Morgan fingerprint density at radius 2 is 2.13 bits per heavy atom. The summed E-state index contributed by atoms with van der Waals surface area (Å²) in [5.74, 6) is 1.24. The van der Waals surface area contributed by atoms with E-state index >= 15 is 0 Å². The van der Waals surface area contributed by atoms with Crippen molar-refractivity contribution in [2.45, 2.75) is 33.4 Å². The van der Waals surface area contributed by atoms with Crippen LogP contribution in [0.15, 0.2) is 49.1 Å². The number of pyridine rings is 1. The summed E-state index contributed by atoms with van der Waals surface area (Å²) in [6.07, 6.45) is 5.88. The van der Waals surface area contributed by atoms with Gasteiger partial charge in [0.2, 0.25) is 0 Å². The van der Waals surface area contributed by atoms with Crippen molar-refractivity contribution in [2.75, 3.05) is 31.2 Å². The highest BCUT2D eigenvalue weighted by molar-refractivity contribution is 6.30. The molecule has 3 aromatic heterocycles. The number of aryl methyl sites for hydroxylation is 1. The van der Waals surface area contributed by atoms with Gasteiger partial charge in [0.25, 0.3) is 5.91 Å². The van der Waals surface area contributed by atoms with Crippen molar-refractivity contribution >= 4 is 23.3 Å². The Morgan fingerprint density at radius 3 is 2.92 bits per heavy atom. The predicted molar refractivity (Wildman–Crippen MR) is 142 cm³/mol. The maximum absolute atomic E-state index is 12.9. The first-order valence-corrected chi connectivity index (χ1v) is 13.0. The molecule has 1 saturated heterocycles. The Balaban J connectivity index is 1.23. The number of halogens is 1. The van der Waals surface area contributed by atoms with Crippen molar-refractivity contribution in [3.63, 3.8) is 0 Å². The van der Waals surface area contributed by atoms with Crippen LogP contribution >= 0.6 is 11.6 Å². The van der Waals surface area contributed by atoms with Crippen molar-refractivity contribution in [1.82, 2.24) is 40.3 Å². The lowest BCUT2D eigenvalue weighted by Gasteiger charge is -2.24. The van der Waals surface area contributed by atoms with Gasteiger partial charge in [-0.3, -0.25) is 9.48 Å². The van der Waals surface area contributed by atoms with Crippen LogP contribution in [0.25, 0.3) is 5.69 Å². The average molecular weight is 536 g/mol. The average Bonchev–Trinajstić information content (AvgIpc) is 3.56. The number of benzene rings is 1. The van der Waals surface area contributed by atoms with Crippen LogP contribution < -0.4 is 10.2 Å². The molecule has 38 heavy (non-hydrogen) atoms. The summed E-state index contributed by atoms with van der Waals surface area (Å²) in [5, 5.41) is 19.2. The van der Waals surface area contributed by atoms with Crippen LogP contribution in [-0.2, 0) is 17.8 Å². The first-order valence-electron chi connectivity index (χ1n) is 12.6. The second-order valence-corrected chi connectivity index (χ2v) is 9.78. The minimum atomic E-state index is -0.238. The van der Waals surface area contributed by atoms with Crippen LogP contribution in [0.4, 0.5) is 5.82 Å². The third-order valence-electron chi connectivity index (χ3n) is 6.72. The van der Waals surface area contributed by atoms with Gasteiger partial charge in [0.1, 0.15) is 12.1 Å². The fourth-order valence-corrected chi connectivity index (χ4v) is 4.66. The molecule has 4 aromatic rings. The van der Waals surface area contributed by atoms with Gasteiger partial charge in [-0.15, -0.1) is 5.10 Å². The van der Waals surface area contributed by atoms with Gasteiger partial charge in [0.05, 0.1) is 37.2 Å². The third-order valence-corrected chi connectivity index (χ3v) is 6.96. The highest BCUT2D eigenvalue weighted by Crippen LogP contribution is 2.21. The molecule has 0 aliphatic carbocycles. The standard InChI is InChI=1S/C26H30ClN9O2/c1-3-19-13-34(8-9-38-16-19)25-7-4-20(18(2)31-25)14-35-15-22(12-30-35)26(37)28-11-21-10-23(27)5-6-24(21)36-17-29-32-33-36/h4-7,10,12,15,17,19H,3,8-9,11,13-14,16H2,1-2H3,(H,28,37). The smallest absolute Gasteiger partial charge is 0.254 e. The molecule has 1 unspecified atom stereocenters. The molecule has 1 aliphatic heterocycles. The number of anilines is 1. The second kappa shape index (κ2) is 11.7. The lowest BCUT2D eigenvalue weighted by molar-refractivity contribution is 0.0951. The molecule has 198 valence electrons. The molecule has 0 spiro atoms. The summed E-state index contributed by atoms with van der Waals surface area (Å²) < 4.78 is 9.02. The summed E-state index contributed by atoms with van der Waals surface area (Å²) in [6.45, 7) is 8.29. The number of aromatic nitrogens is 7. The Labute approximate surface area is 225 Å². The van der Waals surface area contributed by atoms with Crippen molar-refractivity contribution in [1.29, 1.82) is 0 Å². The van der Waals surface area contributed by atoms with Gasteiger partial charge in [-0.1, -0.05) is 24.6 Å². The van der Waals surface area contributed by atoms with Crippen LogP contribution in [0, 0.1) is 12.8 Å². The molecule has 1 N–H and O–H groups in total. The lowest BCUT2D eigenvalue weighted by Crippen LogP contribution is -2.30. The van der Waals surface area contributed by atoms with E-state index < -0.39 is 0 Å². The van der Waals surface area contributed by atoms with Crippen molar-refractivity contribution in [3.8, 4) is 5.69 Å². The minimum Gasteiger partial charge on any atom is -0.379 e. The van der Waals surface area contributed by atoms with E-state index in [1.54, 1.807) is 29.2 Å². The number of hydrogen-bond acceptors (Lipinski definition) is 8. The summed E-state index contributed by atoms with van der Waals surface area (Å²) in [4.78, 5) is 20.0. The molecule has 0 radical (unpaired) electrons. The van der Waals surface area contributed by atoms with Gasteiger partial charge in [-0.05, 0) is 65.1 Å². The van der Waals surface area contributed by atoms with Crippen molar-refractivity contribution in [2.24, 2.45) is 5.92 Å². The summed E-state index contributed by atoms with van der Waals surface area (Å²) in [5.41, 5.74) is 3.98. The topological polar surface area (TPSA) is 116 Å². The van der Waals surface area contributed by atoms with E-state index in [-0.39, 0.29) is 12.5 Å². The van der Waals surface area contributed by atoms with Gasteiger partial charge in [-0.25, -0.2) is 9.67 Å². The van der Waals surface area contributed by atoms with Crippen molar-refractivity contribution in [3.05, 3.63) is 76.5 Å². The first-order chi connectivity index (χ1) is 18.5. The van der Waals surface area contributed by atoms with E-state index in [9.17, 15) is 4.79 Å². The number of rotatable bonds is 8. The zero-order chi connectivity index (χ0) is 26.5. The quantitative estimate of drug-likeness (QED) is 0.366. The third kappa shape index (κ3) is 6.00. The molecule has 11 nitrogen and oxygen atoms in total. The number of hydrogen-bond donors (Lipinski definition) is 1. The number of ether oxygens (including phenoxy) is 1. The zero-order valence-electron chi connectivity index (χ0n) is 21.4. The van der Waals surface area contributed by atoms with E-state index in [1.165, 1.54) is 11.0 Å². The van der Waals surface area contributed by atoms with Crippen LogP contribution in [0.3, 0.4) is 0 Å². The second-order valence-electron chi connectivity index (χ2n) is 9.35. The van der Waals surface area contributed by atoms with E-state index in [0.29, 0.717) is 29.7 Å². The molecule has 0 bridgehead atoms. The number of carbonyl (C=O) groups excluding carboxylic acids is 1. The molecule has 4 heterocycles. The lowest BCUT2D eigenvalue weighted by atomic mass is 10.1. The van der Waals surface area contributed by atoms with Crippen LogP contribution in [0.2, 0.25) is 5.02 Å². The minimum absolute atomic E-state index is 0.238. The van der Waals surface area contributed by atoms with E-state index in [4.69, 9.17) is 21.3 Å². The molecule has 5 rings (SSSR count). The van der Waals surface area contributed by atoms with Gasteiger partial charge in [0.15, 0.2) is 0 Å². The monoisotopic (exact) mass is 535 g/mol. The Hall–Kier alpha value is -3.83. The molecule has 1 aromatic carbocycles. The molecule has 1 amide bonds. The maximum atomic E-state index is 12.9. The predicted octanol–water partition coefficient (Wildman–Crippen LogP) is 3.06. The Kier molecular flexibility index (Phi) is 7.94. The van der Waals surface area contributed by atoms with Crippen molar-refractivity contribution < 1.29 is 9.53 Å². The van der Waals surface area contributed by atoms with Crippen LogP contribution in [0.5, 0.6) is 0 Å². The summed E-state index contributed by atoms with van der Waals surface area (Å²) >= 11 is 6.18. The largest absolute Gasteiger partial charge is 0.379 e. The van der Waals surface area contributed by atoms with Crippen LogP contribution in [-0.4, -0.2) is 67.2 Å². The molecule has 1 atom stereocenters. The summed E-state index contributed by atoms with van der Waals surface area (Å²) in [7, 11) is 0. The van der Waals surface area contributed by atoms with Gasteiger partial charge in [-0.2, -0.15) is 5.10 Å². The molecule has 1 aliphatic rings. The number of amides is 1. The number of tetrazole rings is 1. The SMILES string of the molecule is CCC1COCCN(c2ccc(Cn3cc(C(=O)NCc4cc(Cl)ccc4-n4cnnn4)cn3)c(C)n2)C1. The van der Waals surface area contributed by atoms with Crippen LogP contribution in [0.1, 0.15) is 40.5 Å². The molecular weight excluding hydrogens is 506 g/mol. The highest BCUT2D eigenvalue weighted by Gasteiger charge is 2.19. The van der Waals surface area contributed by atoms with E-state index in [2.05, 4.69) is 49.9 Å². The molecular formula is C26H30ClN9O2.